The van der Waals surface area contributed by atoms with Crippen LogP contribution in [-0.4, -0.2) is 48.2 Å². The van der Waals surface area contributed by atoms with Crippen LogP contribution in [0.15, 0.2) is 77.7 Å². The molecule has 1 heterocycles. The molecule has 0 atom stereocenters. The average molecular weight is 510 g/mol. The smallest absolute Gasteiger partial charge is 0.264 e. The topological polar surface area (TPSA) is 88.2 Å². The molecule has 1 aliphatic rings. The van der Waals surface area contributed by atoms with Crippen LogP contribution < -0.4 is 24.0 Å². The van der Waals surface area contributed by atoms with Gasteiger partial charge in [0.25, 0.3) is 10.0 Å². The predicted octanol–water partition coefficient (Wildman–Crippen LogP) is 3.82. The van der Waals surface area contributed by atoms with Gasteiger partial charge in [0.15, 0.2) is 0 Å². The van der Waals surface area contributed by atoms with E-state index in [1.807, 2.05) is 12.1 Å². The van der Waals surface area contributed by atoms with Crippen LogP contribution in [0.3, 0.4) is 0 Å². The van der Waals surface area contributed by atoms with Gasteiger partial charge < -0.3 is 19.7 Å². The molecule has 1 fully saturated rings. The fourth-order valence-corrected chi connectivity index (χ4v) is 5.63. The van der Waals surface area contributed by atoms with Crippen LogP contribution in [0.4, 0.5) is 11.4 Å². The third-order valence-electron chi connectivity index (χ3n) is 6.19. The first-order valence-electron chi connectivity index (χ1n) is 11.8. The Labute approximate surface area is 212 Å². The highest BCUT2D eigenvalue weighted by molar-refractivity contribution is 7.92. The number of hydrogen-bond acceptors (Lipinski definition) is 6. The molecule has 0 bridgehead atoms. The first-order chi connectivity index (χ1) is 17.4. The van der Waals surface area contributed by atoms with Gasteiger partial charge in [0.2, 0.25) is 5.91 Å². The highest BCUT2D eigenvalue weighted by atomic mass is 32.2. The maximum Gasteiger partial charge on any atom is 0.264 e. The molecule has 0 unspecified atom stereocenters. The number of sulfonamides is 1. The number of hydrogen-bond donors (Lipinski definition) is 1. The maximum absolute atomic E-state index is 13.6. The van der Waals surface area contributed by atoms with Gasteiger partial charge in [-0.1, -0.05) is 24.3 Å². The monoisotopic (exact) mass is 509 g/mol. The molecular formula is C27H31N3O5S. The summed E-state index contributed by atoms with van der Waals surface area (Å²) in [6.07, 6.45) is 2.42. The standard InChI is InChI=1S/C27H31N3O5S/c1-34-23-13-15-24(16-14-23)36(32,33)30(25-7-3-4-8-26(25)35-2)20-27(31)28-19-21-9-11-22(12-10-21)29-17-5-6-18-29/h3-4,7-16H,5-6,17-20H2,1-2H3,(H,28,31). The van der Waals surface area contributed by atoms with Crippen molar-refractivity contribution in [3.05, 3.63) is 78.4 Å². The number of para-hydroxylation sites is 2. The van der Waals surface area contributed by atoms with Crippen molar-refractivity contribution in [3.8, 4) is 11.5 Å². The van der Waals surface area contributed by atoms with Crippen molar-refractivity contribution in [2.24, 2.45) is 0 Å². The van der Waals surface area contributed by atoms with Crippen molar-refractivity contribution in [2.75, 3.05) is 43.1 Å². The summed E-state index contributed by atoms with van der Waals surface area (Å²) in [6, 6.07) is 20.9. The molecule has 0 aliphatic carbocycles. The Kier molecular flexibility index (Phi) is 8.00. The fourth-order valence-electron chi connectivity index (χ4n) is 4.20. The minimum Gasteiger partial charge on any atom is -0.497 e. The summed E-state index contributed by atoms with van der Waals surface area (Å²) in [7, 11) is -1.10. The molecule has 1 N–H and O–H groups in total. The van der Waals surface area contributed by atoms with E-state index >= 15 is 0 Å². The highest BCUT2D eigenvalue weighted by Crippen LogP contribution is 2.32. The van der Waals surface area contributed by atoms with Crippen LogP contribution in [0.25, 0.3) is 0 Å². The van der Waals surface area contributed by atoms with E-state index in [2.05, 4.69) is 22.3 Å². The van der Waals surface area contributed by atoms with E-state index in [1.54, 1.807) is 36.4 Å². The van der Waals surface area contributed by atoms with E-state index in [1.165, 1.54) is 44.9 Å². The maximum atomic E-state index is 13.6. The number of anilines is 2. The van der Waals surface area contributed by atoms with E-state index in [4.69, 9.17) is 9.47 Å². The number of rotatable bonds is 10. The molecule has 0 spiro atoms. The van der Waals surface area contributed by atoms with Crippen LogP contribution in [-0.2, 0) is 21.4 Å². The quantitative estimate of drug-likeness (QED) is 0.447. The molecule has 4 rings (SSSR count). The molecule has 190 valence electrons. The van der Waals surface area contributed by atoms with Crippen molar-refractivity contribution >= 4 is 27.3 Å². The molecule has 3 aromatic carbocycles. The second-order valence-corrected chi connectivity index (χ2v) is 10.4. The largest absolute Gasteiger partial charge is 0.497 e. The minimum absolute atomic E-state index is 0.0412. The van der Waals surface area contributed by atoms with E-state index in [-0.39, 0.29) is 10.6 Å². The van der Waals surface area contributed by atoms with E-state index in [0.717, 1.165) is 23.0 Å². The predicted molar refractivity (Wildman–Crippen MR) is 140 cm³/mol. The number of carbonyl (C=O) groups is 1. The molecule has 0 radical (unpaired) electrons. The first-order valence-corrected chi connectivity index (χ1v) is 13.3. The molecule has 36 heavy (non-hydrogen) atoms. The Hall–Kier alpha value is -3.72. The summed E-state index contributed by atoms with van der Waals surface area (Å²) in [5.41, 5.74) is 2.39. The lowest BCUT2D eigenvalue weighted by atomic mass is 10.2. The van der Waals surface area contributed by atoms with Crippen LogP contribution in [0.5, 0.6) is 11.5 Å². The number of nitrogens with zero attached hydrogens (tertiary/aromatic N) is 2. The van der Waals surface area contributed by atoms with Gasteiger partial charge in [-0.3, -0.25) is 9.10 Å². The second-order valence-electron chi connectivity index (χ2n) is 8.50. The lowest BCUT2D eigenvalue weighted by Gasteiger charge is -2.25. The Morgan fingerprint density at radius 1 is 0.917 bits per heavy atom. The summed E-state index contributed by atoms with van der Waals surface area (Å²) in [5, 5.41) is 2.85. The van der Waals surface area contributed by atoms with E-state index in [0.29, 0.717) is 18.0 Å². The van der Waals surface area contributed by atoms with Crippen LogP contribution in [0.1, 0.15) is 18.4 Å². The van der Waals surface area contributed by atoms with E-state index < -0.39 is 22.5 Å². The second kappa shape index (κ2) is 11.3. The zero-order chi connectivity index (χ0) is 25.5. The molecule has 9 heteroatoms. The summed E-state index contributed by atoms with van der Waals surface area (Å²) in [6.45, 7) is 2.02. The van der Waals surface area contributed by atoms with Gasteiger partial charge in [-0.05, 0) is 66.9 Å². The number of amides is 1. The van der Waals surface area contributed by atoms with Gasteiger partial charge in [0.05, 0.1) is 24.8 Å². The van der Waals surface area contributed by atoms with Gasteiger partial charge in [-0.25, -0.2) is 8.42 Å². The molecule has 3 aromatic rings. The minimum atomic E-state index is -4.07. The summed E-state index contributed by atoms with van der Waals surface area (Å²) in [5.74, 6) is 0.452. The van der Waals surface area contributed by atoms with Crippen molar-refractivity contribution in [1.29, 1.82) is 0 Å². The molecule has 8 nitrogen and oxygen atoms in total. The van der Waals surface area contributed by atoms with Gasteiger partial charge in [0, 0.05) is 25.3 Å². The number of carbonyl (C=O) groups excluding carboxylic acids is 1. The van der Waals surface area contributed by atoms with Gasteiger partial charge in [0.1, 0.15) is 18.0 Å². The zero-order valence-electron chi connectivity index (χ0n) is 20.5. The summed E-state index contributed by atoms with van der Waals surface area (Å²) < 4.78 is 38.8. The normalized spacial score (nSPS) is 13.3. The SMILES string of the molecule is COc1ccc(S(=O)(=O)N(CC(=O)NCc2ccc(N3CCCC3)cc2)c2ccccc2OC)cc1. The molecule has 1 saturated heterocycles. The Morgan fingerprint density at radius 3 is 2.22 bits per heavy atom. The summed E-state index contributed by atoms with van der Waals surface area (Å²) >= 11 is 0. The number of ether oxygens (including phenoxy) is 2. The number of methoxy groups -OCH3 is 2. The number of benzene rings is 3. The Bertz CT molecular complexity index is 1270. The van der Waals surface area contributed by atoms with Crippen LogP contribution >= 0.6 is 0 Å². The third-order valence-corrected chi connectivity index (χ3v) is 7.96. The van der Waals surface area contributed by atoms with Crippen LogP contribution in [0, 0.1) is 0 Å². The molecule has 1 aliphatic heterocycles. The lowest BCUT2D eigenvalue weighted by Crippen LogP contribution is -2.40. The summed E-state index contributed by atoms with van der Waals surface area (Å²) in [4.78, 5) is 15.4. The molecule has 1 amide bonds. The molecule has 0 saturated carbocycles. The Morgan fingerprint density at radius 2 is 1.58 bits per heavy atom. The van der Waals surface area contributed by atoms with E-state index in [9.17, 15) is 13.2 Å². The van der Waals surface area contributed by atoms with Gasteiger partial charge in [-0.15, -0.1) is 0 Å². The zero-order valence-corrected chi connectivity index (χ0v) is 21.3. The third kappa shape index (κ3) is 5.73. The lowest BCUT2D eigenvalue weighted by molar-refractivity contribution is -0.119. The molecule has 0 aromatic heterocycles. The van der Waals surface area contributed by atoms with Gasteiger partial charge in [-0.2, -0.15) is 0 Å². The van der Waals surface area contributed by atoms with Crippen molar-refractivity contribution in [2.45, 2.75) is 24.3 Å². The van der Waals surface area contributed by atoms with Crippen molar-refractivity contribution < 1.29 is 22.7 Å². The Balaban J connectivity index is 1.52. The fraction of sp³-hybridized carbons (Fsp3) is 0.296. The van der Waals surface area contributed by atoms with Crippen molar-refractivity contribution in [3.63, 3.8) is 0 Å². The van der Waals surface area contributed by atoms with Gasteiger partial charge >= 0.3 is 0 Å². The van der Waals surface area contributed by atoms with Crippen LogP contribution in [0.2, 0.25) is 0 Å². The highest BCUT2D eigenvalue weighted by Gasteiger charge is 2.29. The first kappa shape index (κ1) is 25.4. The number of nitrogens with one attached hydrogen (secondary N) is 1. The molecular weight excluding hydrogens is 478 g/mol. The average Bonchev–Trinajstić information content (AvgIpc) is 3.46. The van der Waals surface area contributed by atoms with Crippen molar-refractivity contribution in [1.82, 2.24) is 5.32 Å².